The Hall–Kier alpha value is -2.20. The van der Waals surface area contributed by atoms with Crippen molar-refractivity contribution in [2.24, 2.45) is 0 Å². The number of aryl methyl sites for hydroxylation is 2. The number of rotatable bonds is 3. The summed E-state index contributed by atoms with van der Waals surface area (Å²) in [6.07, 6.45) is 2.14. The summed E-state index contributed by atoms with van der Waals surface area (Å²) in [6.45, 7) is 2.03. The van der Waals surface area contributed by atoms with Gasteiger partial charge in [-0.3, -0.25) is 9.36 Å². The highest BCUT2D eigenvalue weighted by Crippen LogP contribution is 2.34. The molecule has 29 heavy (non-hydrogen) atoms. The number of pyridine rings is 1. The summed E-state index contributed by atoms with van der Waals surface area (Å²) in [7, 11) is -3.95. The first-order chi connectivity index (χ1) is 13.7. The van der Waals surface area contributed by atoms with Crippen molar-refractivity contribution in [2.45, 2.75) is 44.4 Å². The summed E-state index contributed by atoms with van der Waals surface area (Å²) in [5.74, 6) is -0.690. The number of fused-ring (bicyclic) bond motifs is 3. The van der Waals surface area contributed by atoms with Crippen molar-refractivity contribution in [1.29, 1.82) is 0 Å². The Kier molecular flexibility index (Phi) is 3.99. The van der Waals surface area contributed by atoms with Crippen molar-refractivity contribution in [3.05, 3.63) is 60.6 Å². The minimum atomic E-state index is -3.95. The van der Waals surface area contributed by atoms with E-state index >= 15 is 0 Å². The molecule has 10 heteroatoms. The molecule has 5 rings (SSSR count). The molecule has 0 unspecified atom stereocenters. The van der Waals surface area contributed by atoms with Gasteiger partial charge in [0, 0.05) is 22.3 Å². The van der Waals surface area contributed by atoms with Crippen LogP contribution in [0.25, 0.3) is 16.7 Å². The van der Waals surface area contributed by atoms with Crippen LogP contribution in [-0.2, 0) is 23.0 Å². The normalized spacial score (nSPS) is 16.5. The van der Waals surface area contributed by atoms with Gasteiger partial charge in [0.25, 0.3) is 5.56 Å². The second-order valence-electron chi connectivity index (χ2n) is 7.55. The van der Waals surface area contributed by atoms with Crippen LogP contribution in [0.4, 0.5) is 4.39 Å². The standard InChI is InChI=1S/C19H17BrFN3O4S/c1-10-16-17(15-3-2-8-22(15)18(10)25)24(29(27,28)12-5-6-12)19(26)23(16)14-7-4-11(20)9-13(14)21/h4,7,9,12H,2-3,5-6,8H2,1H3. The molecule has 1 aliphatic carbocycles. The van der Waals surface area contributed by atoms with Gasteiger partial charge in [0.2, 0.25) is 10.0 Å². The van der Waals surface area contributed by atoms with Crippen LogP contribution in [0.2, 0.25) is 0 Å². The third-order valence-corrected chi connectivity index (χ3v) is 8.34. The van der Waals surface area contributed by atoms with Gasteiger partial charge in [-0.25, -0.2) is 17.6 Å². The first-order valence-electron chi connectivity index (χ1n) is 9.33. The van der Waals surface area contributed by atoms with Gasteiger partial charge in [0.05, 0.1) is 16.5 Å². The molecule has 0 N–H and O–H groups in total. The summed E-state index contributed by atoms with van der Waals surface area (Å²) in [5, 5.41) is -0.622. The molecule has 0 atom stereocenters. The number of halogens is 2. The fourth-order valence-corrected chi connectivity index (χ4v) is 6.28. The molecule has 0 amide bonds. The van der Waals surface area contributed by atoms with Crippen molar-refractivity contribution in [3.8, 4) is 5.69 Å². The number of aromatic nitrogens is 3. The Bertz CT molecular complexity index is 1430. The highest BCUT2D eigenvalue weighted by Gasteiger charge is 2.41. The van der Waals surface area contributed by atoms with E-state index in [1.807, 2.05) is 0 Å². The van der Waals surface area contributed by atoms with E-state index in [1.54, 1.807) is 13.0 Å². The molecular weight excluding hydrogens is 465 g/mol. The Labute approximate surface area is 173 Å². The highest BCUT2D eigenvalue weighted by atomic mass is 79.9. The summed E-state index contributed by atoms with van der Waals surface area (Å²) in [4.78, 5) is 26.3. The number of nitrogens with zero attached hydrogens (tertiary/aromatic N) is 3. The van der Waals surface area contributed by atoms with Gasteiger partial charge in [-0.05, 0) is 50.8 Å². The lowest BCUT2D eigenvalue weighted by Crippen LogP contribution is -2.31. The minimum absolute atomic E-state index is 0.0848. The summed E-state index contributed by atoms with van der Waals surface area (Å²) >= 11 is 3.19. The lowest BCUT2D eigenvalue weighted by Gasteiger charge is -2.11. The van der Waals surface area contributed by atoms with Gasteiger partial charge in [-0.15, -0.1) is 0 Å². The molecule has 0 saturated heterocycles. The molecular formula is C19H17BrFN3O4S. The monoisotopic (exact) mass is 481 g/mol. The molecule has 1 saturated carbocycles. The largest absolute Gasteiger partial charge is 0.347 e. The maximum atomic E-state index is 14.8. The molecule has 3 heterocycles. The van der Waals surface area contributed by atoms with E-state index in [9.17, 15) is 22.4 Å². The Balaban J connectivity index is 2.03. The number of imidazole rings is 1. The van der Waals surface area contributed by atoms with E-state index in [0.717, 1.165) is 8.54 Å². The predicted molar refractivity (Wildman–Crippen MR) is 110 cm³/mol. The number of benzene rings is 1. The molecule has 2 aliphatic rings. The van der Waals surface area contributed by atoms with Crippen molar-refractivity contribution in [1.82, 2.24) is 13.1 Å². The second kappa shape index (κ2) is 6.15. The minimum Gasteiger partial charge on any atom is -0.310 e. The van der Waals surface area contributed by atoms with E-state index in [1.165, 1.54) is 16.7 Å². The Morgan fingerprint density at radius 3 is 2.55 bits per heavy atom. The van der Waals surface area contributed by atoms with Gasteiger partial charge in [-0.1, -0.05) is 15.9 Å². The zero-order valence-corrected chi connectivity index (χ0v) is 17.9. The van der Waals surface area contributed by atoms with Gasteiger partial charge >= 0.3 is 5.69 Å². The van der Waals surface area contributed by atoms with E-state index in [-0.39, 0.29) is 27.8 Å². The molecule has 1 aliphatic heterocycles. The average molecular weight is 482 g/mol. The van der Waals surface area contributed by atoms with Crippen molar-refractivity contribution >= 4 is 37.0 Å². The van der Waals surface area contributed by atoms with Gasteiger partial charge in [0.1, 0.15) is 11.3 Å². The molecule has 2 aromatic heterocycles. The van der Waals surface area contributed by atoms with E-state index in [4.69, 9.17) is 0 Å². The van der Waals surface area contributed by atoms with Crippen LogP contribution < -0.4 is 11.2 Å². The maximum Gasteiger partial charge on any atom is 0.347 e. The van der Waals surface area contributed by atoms with Crippen LogP contribution in [-0.4, -0.2) is 26.8 Å². The van der Waals surface area contributed by atoms with E-state index in [0.29, 0.717) is 42.4 Å². The van der Waals surface area contributed by atoms with Crippen LogP contribution in [0.5, 0.6) is 0 Å². The maximum absolute atomic E-state index is 14.8. The lowest BCUT2D eigenvalue weighted by atomic mass is 10.2. The van der Waals surface area contributed by atoms with Gasteiger partial charge in [-0.2, -0.15) is 3.97 Å². The fraction of sp³-hybridized carbons (Fsp3) is 0.368. The smallest absolute Gasteiger partial charge is 0.310 e. The second-order valence-corrected chi connectivity index (χ2v) is 10.5. The quantitative estimate of drug-likeness (QED) is 0.575. The fourth-order valence-electron chi connectivity index (χ4n) is 4.17. The zero-order chi connectivity index (χ0) is 20.7. The molecule has 3 aromatic rings. The summed E-state index contributed by atoms with van der Waals surface area (Å²) in [6, 6.07) is 4.17. The molecule has 0 radical (unpaired) electrons. The molecule has 0 bridgehead atoms. The molecule has 152 valence electrons. The number of hydrogen-bond acceptors (Lipinski definition) is 4. The molecule has 1 fully saturated rings. The molecule has 0 spiro atoms. The Morgan fingerprint density at radius 1 is 1.17 bits per heavy atom. The van der Waals surface area contributed by atoms with E-state index in [2.05, 4.69) is 15.9 Å². The van der Waals surface area contributed by atoms with Gasteiger partial charge < -0.3 is 4.57 Å². The lowest BCUT2D eigenvalue weighted by molar-refractivity contribution is 0.583. The van der Waals surface area contributed by atoms with Crippen LogP contribution in [0.3, 0.4) is 0 Å². The van der Waals surface area contributed by atoms with Crippen molar-refractivity contribution in [2.75, 3.05) is 0 Å². The molecule has 7 nitrogen and oxygen atoms in total. The Morgan fingerprint density at radius 2 is 1.90 bits per heavy atom. The molecule has 1 aromatic carbocycles. The number of hydrogen-bond donors (Lipinski definition) is 0. The van der Waals surface area contributed by atoms with Crippen molar-refractivity contribution < 1.29 is 12.8 Å². The van der Waals surface area contributed by atoms with Crippen LogP contribution in [0, 0.1) is 12.7 Å². The zero-order valence-electron chi connectivity index (χ0n) is 15.5. The first-order valence-corrected chi connectivity index (χ1v) is 11.6. The third-order valence-electron chi connectivity index (χ3n) is 5.68. The highest BCUT2D eigenvalue weighted by molar-refractivity contribution is 9.10. The topological polar surface area (TPSA) is 83.1 Å². The van der Waals surface area contributed by atoms with Gasteiger partial charge in [0.15, 0.2) is 0 Å². The third kappa shape index (κ3) is 2.54. The van der Waals surface area contributed by atoms with Crippen LogP contribution in [0.15, 0.2) is 32.3 Å². The first kappa shape index (κ1) is 18.8. The predicted octanol–water partition coefficient (Wildman–Crippen LogP) is 2.45. The van der Waals surface area contributed by atoms with Crippen LogP contribution >= 0.6 is 15.9 Å². The SMILES string of the molecule is Cc1c(=O)n2c(c3c1n(-c1ccc(Br)cc1F)c(=O)n3S(=O)(=O)C1CC1)CCC2. The van der Waals surface area contributed by atoms with Crippen molar-refractivity contribution in [3.63, 3.8) is 0 Å². The van der Waals surface area contributed by atoms with Crippen LogP contribution in [0.1, 0.15) is 30.5 Å². The summed E-state index contributed by atoms with van der Waals surface area (Å²) in [5.41, 5.74) is -0.104. The average Bonchev–Trinajstić information content (AvgIpc) is 3.33. The van der Waals surface area contributed by atoms with E-state index < -0.39 is 26.8 Å². The summed E-state index contributed by atoms with van der Waals surface area (Å²) < 4.78 is 45.0.